The summed E-state index contributed by atoms with van der Waals surface area (Å²) in [5, 5.41) is 12.6. The second-order valence-electron chi connectivity index (χ2n) is 4.04. The highest BCUT2D eigenvalue weighted by Gasteiger charge is 2.16. The number of fused-ring (bicyclic) bond motifs is 1. The number of anilines is 1. The Bertz CT molecular complexity index is 431. The van der Waals surface area contributed by atoms with E-state index in [9.17, 15) is 9.50 Å². The van der Waals surface area contributed by atoms with Crippen molar-refractivity contribution in [2.45, 2.75) is 19.6 Å². The first-order chi connectivity index (χ1) is 8.20. The molecule has 1 aliphatic rings. The number of hydrogen-bond donors (Lipinski definition) is 2. The molecule has 1 aromatic carbocycles. The summed E-state index contributed by atoms with van der Waals surface area (Å²) < 4.78 is 17.3. The van der Waals surface area contributed by atoms with Crippen molar-refractivity contribution in [1.82, 2.24) is 0 Å². The van der Waals surface area contributed by atoms with Crippen LogP contribution >= 0.6 is 0 Å². The molecule has 0 spiro atoms. The van der Waals surface area contributed by atoms with Crippen LogP contribution in [0.15, 0.2) is 24.3 Å². The molecule has 0 fully saturated rings. The van der Waals surface area contributed by atoms with Crippen molar-refractivity contribution in [2.75, 3.05) is 18.5 Å². The van der Waals surface area contributed by atoms with Gasteiger partial charge >= 0.3 is 0 Å². The van der Waals surface area contributed by atoms with Gasteiger partial charge in [-0.15, -0.1) is 0 Å². The minimum Gasteiger partial charge on any atom is -0.461 e. The molecular formula is C13H16FNO2. The molecule has 0 radical (unpaired) electrons. The summed E-state index contributed by atoms with van der Waals surface area (Å²) in [7, 11) is 0. The monoisotopic (exact) mass is 237 g/mol. The molecule has 3 nitrogen and oxygen atoms in total. The number of alkyl halides is 1. The average Bonchev–Trinajstić information content (AvgIpc) is 2.28. The standard InChI is InChI=1S/C13H16FNO2/c1-9-7-13(16)17-12-8-10(3-4-11(9)12)15-6-2-5-14/h3-4,7-8,13,15-16H,2,5-6H2,1H3. The summed E-state index contributed by atoms with van der Waals surface area (Å²) >= 11 is 0. The fourth-order valence-electron chi connectivity index (χ4n) is 1.82. The minimum atomic E-state index is -0.886. The molecule has 2 rings (SSSR count). The van der Waals surface area contributed by atoms with Crippen LogP contribution in [0.5, 0.6) is 5.75 Å². The maximum atomic E-state index is 12.0. The van der Waals surface area contributed by atoms with E-state index < -0.39 is 6.29 Å². The number of benzene rings is 1. The first-order valence-electron chi connectivity index (χ1n) is 5.68. The third kappa shape index (κ3) is 2.77. The molecule has 4 heteroatoms. The number of rotatable bonds is 4. The van der Waals surface area contributed by atoms with E-state index in [1.807, 2.05) is 25.1 Å². The fraction of sp³-hybridized carbons (Fsp3) is 0.385. The Morgan fingerprint density at radius 1 is 1.47 bits per heavy atom. The van der Waals surface area contributed by atoms with Crippen molar-refractivity contribution in [3.63, 3.8) is 0 Å². The third-order valence-electron chi connectivity index (χ3n) is 2.69. The summed E-state index contributed by atoms with van der Waals surface area (Å²) in [6.45, 7) is 2.20. The number of ether oxygens (including phenoxy) is 1. The molecule has 1 atom stereocenters. The normalized spacial score (nSPS) is 18.1. The molecule has 92 valence electrons. The van der Waals surface area contributed by atoms with Gasteiger partial charge in [-0.05, 0) is 37.1 Å². The molecule has 1 heterocycles. The topological polar surface area (TPSA) is 41.5 Å². The summed E-state index contributed by atoms with van der Waals surface area (Å²) in [4.78, 5) is 0. The van der Waals surface area contributed by atoms with E-state index in [0.717, 1.165) is 16.8 Å². The first-order valence-corrected chi connectivity index (χ1v) is 5.68. The molecular weight excluding hydrogens is 221 g/mol. The Kier molecular flexibility index (Phi) is 3.64. The molecule has 0 bridgehead atoms. The van der Waals surface area contributed by atoms with Crippen LogP contribution in [0.1, 0.15) is 18.9 Å². The maximum absolute atomic E-state index is 12.0. The van der Waals surface area contributed by atoms with Crippen LogP contribution in [0, 0.1) is 0 Å². The largest absolute Gasteiger partial charge is 0.461 e. The van der Waals surface area contributed by atoms with Gasteiger partial charge in [-0.3, -0.25) is 4.39 Å². The highest BCUT2D eigenvalue weighted by atomic mass is 19.1. The van der Waals surface area contributed by atoms with Crippen LogP contribution in [0.4, 0.5) is 10.1 Å². The van der Waals surface area contributed by atoms with Crippen LogP contribution in [0.25, 0.3) is 5.57 Å². The zero-order chi connectivity index (χ0) is 12.3. The summed E-state index contributed by atoms with van der Waals surface area (Å²) in [5.74, 6) is 0.655. The lowest BCUT2D eigenvalue weighted by Gasteiger charge is -2.21. The van der Waals surface area contributed by atoms with Crippen LogP contribution < -0.4 is 10.1 Å². The van der Waals surface area contributed by atoms with Gasteiger partial charge < -0.3 is 15.2 Å². The van der Waals surface area contributed by atoms with E-state index in [0.29, 0.717) is 18.7 Å². The van der Waals surface area contributed by atoms with Crippen LogP contribution in [-0.2, 0) is 0 Å². The van der Waals surface area contributed by atoms with Gasteiger partial charge in [-0.2, -0.15) is 0 Å². The van der Waals surface area contributed by atoms with Gasteiger partial charge in [0.1, 0.15) is 5.75 Å². The lowest BCUT2D eigenvalue weighted by Crippen LogP contribution is -2.17. The van der Waals surface area contributed by atoms with E-state index in [4.69, 9.17) is 4.74 Å². The zero-order valence-electron chi connectivity index (χ0n) is 9.74. The van der Waals surface area contributed by atoms with E-state index in [2.05, 4.69) is 5.32 Å². The zero-order valence-corrected chi connectivity index (χ0v) is 9.74. The van der Waals surface area contributed by atoms with Gasteiger partial charge in [0, 0.05) is 23.9 Å². The number of halogens is 1. The Hall–Kier alpha value is -1.55. The number of nitrogens with one attached hydrogen (secondary N) is 1. The second-order valence-corrected chi connectivity index (χ2v) is 4.04. The molecule has 1 unspecified atom stereocenters. The Labute approximate surface area is 99.9 Å². The quantitative estimate of drug-likeness (QED) is 0.791. The molecule has 1 aliphatic heterocycles. The summed E-state index contributed by atoms with van der Waals surface area (Å²) in [6.07, 6.45) is 1.27. The third-order valence-corrected chi connectivity index (χ3v) is 2.69. The summed E-state index contributed by atoms with van der Waals surface area (Å²) in [5.41, 5.74) is 2.85. The van der Waals surface area contributed by atoms with Crippen molar-refractivity contribution >= 4 is 11.3 Å². The molecule has 17 heavy (non-hydrogen) atoms. The van der Waals surface area contributed by atoms with E-state index >= 15 is 0 Å². The number of allylic oxidation sites excluding steroid dienone is 1. The van der Waals surface area contributed by atoms with Crippen molar-refractivity contribution in [3.05, 3.63) is 29.8 Å². The smallest absolute Gasteiger partial charge is 0.217 e. The summed E-state index contributed by atoms with van der Waals surface area (Å²) in [6, 6.07) is 5.69. The predicted molar refractivity (Wildman–Crippen MR) is 65.8 cm³/mol. The highest BCUT2D eigenvalue weighted by Crippen LogP contribution is 2.33. The molecule has 0 amide bonds. The lowest BCUT2D eigenvalue weighted by molar-refractivity contribution is 0.0225. The van der Waals surface area contributed by atoms with Gasteiger partial charge in [0.05, 0.1) is 6.67 Å². The number of aliphatic hydroxyl groups excluding tert-OH is 1. The fourth-order valence-corrected chi connectivity index (χ4v) is 1.82. The van der Waals surface area contributed by atoms with E-state index in [-0.39, 0.29) is 6.67 Å². The molecule has 2 N–H and O–H groups in total. The highest BCUT2D eigenvalue weighted by molar-refractivity contribution is 5.73. The van der Waals surface area contributed by atoms with Crippen LogP contribution in [-0.4, -0.2) is 24.6 Å². The molecule has 0 aliphatic carbocycles. The Balaban J connectivity index is 2.14. The predicted octanol–water partition coefficient (Wildman–Crippen LogP) is 2.57. The van der Waals surface area contributed by atoms with Gasteiger partial charge in [0.15, 0.2) is 0 Å². The van der Waals surface area contributed by atoms with E-state index in [1.54, 1.807) is 6.08 Å². The molecule has 0 saturated carbocycles. The number of aliphatic hydroxyl groups is 1. The SMILES string of the molecule is CC1=CC(O)Oc2cc(NCCCF)ccc21. The molecule has 1 aromatic rings. The van der Waals surface area contributed by atoms with Crippen molar-refractivity contribution in [3.8, 4) is 5.75 Å². The van der Waals surface area contributed by atoms with E-state index in [1.165, 1.54) is 0 Å². The first kappa shape index (κ1) is 11.9. The van der Waals surface area contributed by atoms with Crippen LogP contribution in [0.2, 0.25) is 0 Å². The molecule has 0 saturated heterocycles. The van der Waals surface area contributed by atoms with Gasteiger partial charge in [-0.25, -0.2) is 0 Å². The second kappa shape index (κ2) is 5.19. The maximum Gasteiger partial charge on any atom is 0.217 e. The minimum absolute atomic E-state index is 0.324. The lowest BCUT2D eigenvalue weighted by atomic mass is 10.0. The van der Waals surface area contributed by atoms with Crippen molar-refractivity contribution in [2.24, 2.45) is 0 Å². The van der Waals surface area contributed by atoms with Gasteiger partial charge in [-0.1, -0.05) is 0 Å². The van der Waals surface area contributed by atoms with Crippen molar-refractivity contribution in [1.29, 1.82) is 0 Å². The Morgan fingerprint density at radius 3 is 3.06 bits per heavy atom. The number of hydrogen-bond acceptors (Lipinski definition) is 3. The van der Waals surface area contributed by atoms with Crippen molar-refractivity contribution < 1.29 is 14.2 Å². The Morgan fingerprint density at radius 2 is 2.29 bits per heavy atom. The molecule has 0 aromatic heterocycles. The van der Waals surface area contributed by atoms with Gasteiger partial charge in [0.2, 0.25) is 6.29 Å². The van der Waals surface area contributed by atoms with Gasteiger partial charge in [0.25, 0.3) is 0 Å². The van der Waals surface area contributed by atoms with Crippen LogP contribution in [0.3, 0.4) is 0 Å². The average molecular weight is 237 g/mol.